The number of rotatable bonds is 2. The summed E-state index contributed by atoms with van der Waals surface area (Å²) < 4.78 is 12.7. The highest BCUT2D eigenvalue weighted by Crippen LogP contribution is 2.18. The van der Waals surface area contributed by atoms with Crippen LogP contribution >= 0.6 is 0 Å². The molecule has 0 aliphatic carbocycles. The zero-order valence-electron chi connectivity index (χ0n) is 7.97. The van der Waals surface area contributed by atoms with Gasteiger partial charge in [0.15, 0.2) is 0 Å². The predicted molar refractivity (Wildman–Crippen MR) is 54.5 cm³/mol. The molecule has 3 nitrogen and oxygen atoms in total. The SMILES string of the molecule is NC(c1ccc(F)cc1)c1ccnnc1. The number of aromatic nitrogens is 2. The maximum atomic E-state index is 12.7. The molecular weight excluding hydrogens is 193 g/mol. The highest BCUT2D eigenvalue weighted by atomic mass is 19.1. The first kappa shape index (κ1) is 9.73. The lowest BCUT2D eigenvalue weighted by molar-refractivity contribution is 0.626. The number of benzene rings is 1. The van der Waals surface area contributed by atoms with E-state index in [4.69, 9.17) is 5.73 Å². The standard InChI is InChI=1S/C11H10FN3/c12-10-3-1-8(2-4-10)11(13)9-5-6-14-15-7-9/h1-7,11H,13H2. The van der Waals surface area contributed by atoms with E-state index in [9.17, 15) is 4.39 Å². The van der Waals surface area contributed by atoms with Crippen LogP contribution < -0.4 is 5.73 Å². The molecular formula is C11H10FN3. The highest BCUT2D eigenvalue weighted by Gasteiger charge is 2.08. The van der Waals surface area contributed by atoms with Crippen LogP contribution in [-0.2, 0) is 0 Å². The maximum absolute atomic E-state index is 12.7. The molecule has 0 aliphatic rings. The second kappa shape index (κ2) is 4.14. The summed E-state index contributed by atoms with van der Waals surface area (Å²) in [5, 5.41) is 7.41. The van der Waals surface area contributed by atoms with Gasteiger partial charge in [-0.3, -0.25) is 0 Å². The van der Waals surface area contributed by atoms with E-state index in [-0.39, 0.29) is 11.9 Å². The Morgan fingerprint density at radius 3 is 2.33 bits per heavy atom. The molecule has 0 fully saturated rings. The zero-order chi connectivity index (χ0) is 10.7. The van der Waals surface area contributed by atoms with E-state index in [2.05, 4.69) is 10.2 Å². The van der Waals surface area contributed by atoms with E-state index in [0.717, 1.165) is 11.1 Å². The smallest absolute Gasteiger partial charge is 0.123 e. The zero-order valence-corrected chi connectivity index (χ0v) is 7.97. The molecule has 0 spiro atoms. The van der Waals surface area contributed by atoms with Crippen LogP contribution in [0.4, 0.5) is 4.39 Å². The van der Waals surface area contributed by atoms with Gasteiger partial charge in [0.05, 0.1) is 12.2 Å². The van der Waals surface area contributed by atoms with Crippen LogP contribution in [0, 0.1) is 5.82 Å². The van der Waals surface area contributed by atoms with Gasteiger partial charge >= 0.3 is 0 Å². The lowest BCUT2D eigenvalue weighted by Crippen LogP contribution is -2.12. The third-order valence-corrected chi connectivity index (χ3v) is 2.20. The summed E-state index contributed by atoms with van der Waals surface area (Å²) in [5.74, 6) is -0.265. The Labute approximate surface area is 86.8 Å². The van der Waals surface area contributed by atoms with Gasteiger partial charge < -0.3 is 5.73 Å². The molecule has 1 unspecified atom stereocenters. The molecule has 2 rings (SSSR count). The average molecular weight is 203 g/mol. The Morgan fingerprint density at radius 1 is 1.00 bits per heavy atom. The number of nitrogens with two attached hydrogens (primary N) is 1. The number of hydrogen-bond donors (Lipinski definition) is 1. The van der Waals surface area contributed by atoms with Crippen molar-refractivity contribution >= 4 is 0 Å². The third-order valence-electron chi connectivity index (χ3n) is 2.20. The first-order valence-electron chi connectivity index (χ1n) is 4.55. The monoisotopic (exact) mass is 203 g/mol. The summed E-state index contributed by atoms with van der Waals surface area (Å²) in [6.07, 6.45) is 3.19. The summed E-state index contributed by atoms with van der Waals surface area (Å²) in [6, 6.07) is 7.62. The predicted octanol–water partition coefficient (Wildman–Crippen LogP) is 1.66. The largest absolute Gasteiger partial charge is 0.320 e. The van der Waals surface area contributed by atoms with Gasteiger partial charge in [0.25, 0.3) is 0 Å². The van der Waals surface area contributed by atoms with Gasteiger partial charge in [0, 0.05) is 6.20 Å². The van der Waals surface area contributed by atoms with E-state index in [0.29, 0.717) is 0 Å². The Bertz CT molecular complexity index is 427. The summed E-state index contributed by atoms with van der Waals surface area (Å²) in [7, 11) is 0. The molecule has 1 aromatic heterocycles. The van der Waals surface area contributed by atoms with Crippen molar-refractivity contribution in [1.29, 1.82) is 0 Å². The van der Waals surface area contributed by atoms with Crippen molar-refractivity contribution in [3.05, 3.63) is 59.7 Å². The fourth-order valence-corrected chi connectivity index (χ4v) is 1.35. The van der Waals surface area contributed by atoms with Crippen molar-refractivity contribution in [2.75, 3.05) is 0 Å². The van der Waals surface area contributed by atoms with Crippen LogP contribution in [0.1, 0.15) is 17.2 Å². The third kappa shape index (κ3) is 2.16. The van der Waals surface area contributed by atoms with Gasteiger partial charge in [0.1, 0.15) is 5.82 Å². The minimum Gasteiger partial charge on any atom is -0.320 e. The second-order valence-corrected chi connectivity index (χ2v) is 3.20. The summed E-state index contributed by atoms with van der Waals surface area (Å²) in [6.45, 7) is 0. The minimum absolute atomic E-state index is 0.265. The second-order valence-electron chi connectivity index (χ2n) is 3.20. The molecule has 0 aliphatic heterocycles. The van der Waals surface area contributed by atoms with Gasteiger partial charge in [-0.2, -0.15) is 10.2 Å². The molecule has 2 N–H and O–H groups in total. The normalized spacial score (nSPS) is 12.4. The summed E-state index contributed by atoms with van der Waals surface area (Å²) in [4.78, 5) is 0. The van der Waals surface area contributed by atoms with Gasteiger partial charge in [-0.05, 0) is 29.3 Å². The quantitative estimate of drug-likeness (QED) is 0.807. The lowest BCUT2D eigenvalue weighted by atomic mass is 10.0. The fourth-order valence-electron chi connectivity index (χ4n) is 1.35. The van der Waals surface area contributed by atoms with Crippen LogP contribution in [0.5, 0.6) is 0 Å². The van der Waals surface area contributed by atoms with Crippen LogP contribution in [0.15, 0.2) is 42.7 Å². The molecule has 0 radical (unpaired) electrons. The first-order valence-corrected chi connectivity index (χ1v) is 4.55. The Morgan fingerprint density at radius 2 is 1.73 bits per heavy atom. The Hall–Kier alpha value is -1.81. The van der Waals surface area contributed by atoms with E-state index >= 15 is 0 Å². The van der Waals surface area contributed by atoms with Crippen LogP contribution in [0.3, 0.4) is 0 Å². The van der Waals surface area contributed by atoms with E-state index < -0.39 is 0 Å². The molecule has 4 heteroatoms. The molecule has 1 aromatic carbocycles. The molecule has 1 atom stereocenters. The average Bonchev–Trinajstić information content (AvgIpc) is 2.30. The molecule has 0 saturated heterocycles. The molecule has 0 saturated carbocycles. The maximum Gasteiger partial charge on any atom is 0.123 e. The van der Waals surface area contributed by atoms with Crippen molar-refractivity contribution in [3.63, 3.8) is 0 Å². The molecule has 76 valence electrons. The molecule has 2 aromatic rings. The van der Waals surface area contributed by atoms with E-state index in [1.165, 1.54) is 12.1 Å². The van der Waals surface area contributed by atoms with Crippen molar-refractivity contribution in [2.24, 2.45) is 5.73 Å². The number of halogens is 1. The molecule has 0 bridgehead atoms. The number of nitrogens with zero attached hydrogens (tertiary/aromatic N) is 2. The van der Waals surface area contributed by atoms with Crippen LogP contribution in [0.25, 0.3) is 0 Å². The number of hydrogen-bond acceptors (Lipinski definition) is 3. The summed E-state index contributed by atoms with van der Waals surface area (Å²) >= 11 is 0. The van der Waals surface area contributed by atoms with Crippen molar-refractivity contribution in [1.82, 2.24) is 10.2 Å². The molecule has 0 amide bonds. The highest BCUT2D eigenvalue weighted by molar-refractivity contribution is 5.28. The van der Waals surface area contributed by atoms with Gasteiger partial charge in [-0.15, -0.1) is 0 Å². The van der Waals surface area contributed by atoms with Gasteiger partial charge in [0.2, 0.25) is 0 Å². The van der Waals surface area contributed by atoms with E-state index in [1.54, 1.807) is 30.6 Å². The fraction of sp³-hybridized carbons (Fsp3) is 0.0909. The first-order chi connectivity index (χ1) is 7.27. The summed E-state index contributed by atoms with van der Waals surface area (Å²) in [5.41, 5.74) is 7.69. The Balaban J connectivity index is 2.29. The minimum atomic E-state index is -0.291. The van der Waals surface area contributed by atoms with Gasteiger partial charge in [-0.25, -0.2) is 4.39 Å². The van der Waals surface area contributed by atoms with E-state index in [1.807, 2.05) is 0 Å². The molecule has 15 heavy (non-hydrogen) atoms. The van der Waals surface area contributed by atoms with Crippen molar-refractivity contribution < 1.29 is 4.39 Å². The lowest BCUT2D eigenvalue weighted by Gasteiger charge is -2.11. The Kier molecular flexibility index (Phi) is 2.69. The van der Waals surface area contributed by atoms with Crippen LogP contribution in [0.2, 0.25) is 0 Å². The van der Waals surface area contributed by atoms with Crippen molar-refractivity contribution in [2.45, 2.75) is 6.04 Å². The topological polar surface area (TPSA) is 51.8 Å². The van der Waals surface area contributed by atoms with Crippen LogP contribution in [-0.4, -0.2) is 10.2 Å². The molecule has 1 heterocycles. The van der Waals surface area contributed by atoms with Gasteiger partial charge in [-0.1, -0.05) is 12.1 Å². The van der Waals surface area contributed by atoms with Crippen molar-refractivity contribution in [3.8, 4) is 0 Å².